The van der Waals surface area contributed by atoms with Crippen LogP contribution in [0.4, 0.5) is 0 Å². The van der Waals surface area contributed by atoms with E-state index in [-0.39, 0.29) is 40.2 Å². The van der Waals surface area contributed by atoms with Crippen molar-refractivity contribution in [2.45, 2.75) is 49.5 Å². The molecule has 6 heteroatoms. The van der Waals surface area contributed by atoms with Crippen LogP contribution in [0, 0.1) is 11.8 Å². The lowest BCUT2D eigenvalue weighted by molar-refractivity contribution is -0.123. The number of hydrogen-bond donors (Lipinski definition) is 2. The van der Waals surface area contributed by atoms with Gasteiger partial charge in [0, 0.05) is 12.0 Å². The van der Waals surface area contributed by atoms with Crippen molar-refractivity contribution in [2.24, 2.45) is 11.8 Å². The van der Waals surface area contributed by atoms with Crippen LogP contribution in [0.1, 0.15) is 38.5 Å². The Kier molecular flexibility index (Phi) is 4.62. The maximum Gasteiger partial charge on any atom is 0.223 e. The zero-order valence-electron chi connectivity index (χ0n) is 13.1. The number of rotatable bonds is 5. The first-order valence-electron chi connectivity index (χ1n) is 8.26. The predicted molar refractivity (Wildman–Crippen MR) is 86.8 cm³/mol. The molecule has 0 bridgehead atoms. The van der Waals surface area contributed by atoms with Crippen LogP contribution in [-0.4, -0.2) is 31.2 Å². The number of hydrogen-bond acceptors (Lipinski definition) is 4. The molecule has 1 amide bonds. The molecule has 3 rings (SSSR count). The third-order valence-electron chi connectivity index (χ3n) is 4.79. The molecule has 0 saturated heterocycles. The van der Waals surface area contributed by atoms with E-state index in [4.69, 9.17) is 0 Å². The van der Waals surface area contributed by atoms with E-state index in [1.54, 1.807) is 0 Å². The van der Waals surface area contributed by atoms with Gasteiger partial charge in [0.2, 0.25) is 5.91 Å². The molecule has 2 fully saturated rings. The molecule has 0 aromatic heterocycles. The molecule has 2 saturated carbocycles. The van der Waals surface area contributed by atoms with Crippen LogP contribution in [0.3, 0.4) is 0 Å². The third kappa shape index (κ3) is 4.25. The van der Waals surface area contributed by atoms with E-state index < -0.39 is 9.84 Å². The molecule has 2 N–H and O–H groups in total. The highest BCUT2D eigenvalue weighted by Gasteiger charge is 2.32. The Morgan fingerprint density at radius 2 is 1.65 bits per heavy atom. The van der Waals surface area contributed by atoms with Gasteiger partial charge in [-0.3, -0.25) is 4.79 Å². The van der Waals surface area contributed by atoms with Crippen molar-refractivity contribution < 1.29 is 18.3 Å². The first kappa shape index (κ1) is 16.3. The van der Waals surface area contributed by atoms with Gasteiger partial charge in [0.25, 0.3) is 0 Å². The minimum atomic E-state index is -3.32. The molecule has 1 aromatic rings. The fourth-order valence-corrected chi connectivity index (χ4v) is 4.90. The van der Waals surface area contributed by atoms with Crippen LogP contribution in [-0.2, 0) is 14.6 Å². The fourth-order valence-electron chi connectivity index (χ4n) is 3.20. The SMILES string of the molecule is O=C(N[C@H]1CC[C@H](CS(=O)(=O)c2ccc(O)cc2)CC1)C1CC1. The van der Waals surface area contributed by atoms with Gasteiger partial charge in [0.15, 0.2) is 9.84 Å². The summed E-state index contributed by atoms with van der Waals surface area (Å²) in [5, 5.41) is 12.3. The molecular weight excluding hydrogens is 314 g/mol. The second kappa shape index (κ2) is 6.51. The zero-order chi connectivity index (χ0) is 16.4. The second-order valence-corrected chi connectivity index (χ2v) is 8.81. The quantitative estimate of drug-likeness (QED) is 0.863. The Morgan fingerprint density at radius 3 is 2.22 bits per heavy atom. The van der Waals surface area contributed by atoms with Crippen LogP contribution in [0.15, 0.2) is 29.2 Å². The van der Waals surface area contributed by atoms with E-state index in [2.05, 4.69) is 5.32 Å². The largest absolute Gasteiger partial charge is 0.508 e. The Morgan fingerprint density at radius 1 is 1.04 bits per heavy atom. The van der Waals surface area contributed by atoms with E-state index in [0.717, 1.165) is 38.5 Å². The number of benzene rings is 1. The maximum atomic E-state index is 12.4. The molecule has 0 heterocycles. The molecule has 0 radical (unpaired) electrons. The van der Waals surface area contributed by atoms with E-state index >= 15 is 0 Å². The van der Waals surface area contributed by atoms with Gasteiger partial charge in [0.1, 0.15) is 5.75 Å². The van der Waals surface area contributed by atoms with Crippen LogP contribution in [0.25, 0.3) is 0 Å². The summed E-state index contributed by atoms with van der Waals surface area (Å²) in [5.41, 5.74) is 0. The Balaban J connectivity index is 1.51. The number of phenols is 1. The maximum absolute atomic E-state index is 12.4. The average Bonchev–Trinajstić information content (AvgIpc) is 3.34. The minimum Gasteiger partial charge on any atom is -0.508 e. The highest BCUT2D eigenvalue weighted by Crippen LogP contribution is 2.31. The molecule has 23 heavy (non-hydrogen) atoms. The molecule has 2 aliphatic carbocycles. The van der Waals surface area contributed by atoms with Gasteiger partial charge in [-0.1, -0.05) is 0 Å². The second-order valence-electron chi connectivity index (χ2n) is 6.78. The lowest BCUT2D eigenvalue weighted by atomic mass is 9.87. The topological polar surface area (TPSA) is 83.5 Å². The van der Waals surface area contributed by atoms with Gasteiger partial charge in [-0.25, -0.2) is 8.42 Å². The molecule has 126 valence electrons. The lowest BCUT2D eigenvalue weighted by Gasteiger charge is -2.29. The van der Waals surface area contributed by atoms with Crippen molar-refractivity contribution in [1.29, 1.82) is 0 Å². The van der Waals surface area contributed by atoms with Crippen LogP contribution >= 0.6 is 0 Å². The van der Waals surface area contributed by atoms with Gasteiger partial charge < -0.3 is 10.4 Å². The standard InChI is InChI=1S/C17H23NO4S/c19-15-7-9-16(10-8-15)23(21,22)11-12-1-5-14(6-2-12)18-17(20)13-3-4-13/h7-10,12-14,19H,1-6,11H2,(H,18,20)/t12-,14-. The number of amides is 1. The summed E-state index contributed by atoms with van der Waals surface area (Å²) >= 11 is 0. The number of nitrogens with one attached hydrogen (secondary N) is 1. The van der Waals surface area contributed by atoms with E-state index in [1.807, 2.05) is 0 Å². The molecule has 0 aliphatic heterocycles. The Labute approximate surface area is 137 Å². The van der Waals surface area contributed by atoms with Crippen LogP contribution in [0.5, 0.6) is 5.75 Å². The van der Waals surface area contributed by atoms with Gasteiger partial charge in [0.05, 0.1) is 10.6 Å². The number of sulfone groups is 1. The van der Waals surface area contributed by atoms with Gasteiger partial charge >= 0.3 is 0 Å². The van der Waals surface area contributed by atoms with Gasteiger partial charge in [-0.15, -0.1) is 0 Å². The highest BCUT2D eigenvalue weighted by atomic mass is 32.2. The van der Waals surface area contributed by atoms with E-state index in [1.165, 1.54) is 24.3 Å². The van der Waals surface area contributed by atoms with Crippen molar-refractivity contribution in [3.8, 4) is 5.75 Å². The summed E-state index contributed by atoms with van der Waals surface area (Å²) in [6.07, 6.45) is 5.38. The molecule has 0 spiro atoms. The molecule has 5 nitrogen and oxygen atoms in total. The van der Waals surface area contributed by atoms with Gasteiger partial charge in [-0.2, -0.15) is 0 Å². The summed E-state index contributed by atoms with van der Waals surface area (Å²) in [6.45, 7) is 0. The molecule has 2 aliphatic rings. The highest BCUT2D eigenvalue weighted by molar-refractivity contribution is 7.91. The fraction of sp³-hybridized carbons (Fsp3) is 0.588. The molecule has 0 atom stereocenters. The van der Waals surface area contributed by atoms with Crippen molar-refractivity contribution in [3.63, 3.8) is 0 Å². The van der Waals surface area contributed by atoms with Crippen LogP contribution in [0.2, 0.25) is 0 Å². The lowest BCUT2D eigenvalue weighted by Crippen LogP contribution is -2.39. The number of aromatic hydroxyl groups is 1. The van der Waals surface area contributed by atoms with Crippen molar-refractivity contribution in [2.75, 3.05) is 5.75 Å². The van der Waals surface area contributed by atoms with Crippen molar-refractivity contribution in [3.05, 3.63) is 24.3 Å². The average molecular weight is 337 g/mol. The third-order valence-corrected chi connectivity index (χ3v) is 6.69. The first-order valence-corrected chi connectivity index (χ1v) is 9.91. The molecule has 0 unspecified atom stereocenters. The number of carbonyl (C=O) groups excluding carboxylic acids is 1. The molecular formula is C17H23NO4S. The van der Waals surface area contributed by atoms with Crippen molar-refractivity contribution >= 4 is 15.7 Å². The van der Waals surface area contributed by atoms with Crippen molar-refractivity contribution in [1.82, 2.24) is 5.32 Å². The van der Waals surface area contributed by atoms with Gasteiger partial charge in [-0.05, 0) is 68.7 Å². The smallest absolute Gasteiger partial charge is 0.223 e. The Bertz CT molecular complexity index is 656. The normalized spacial score (nSPS) is 25.0. The summed E-state index contributed by atoms with van der Waals surface area (Å²) in [4.78, 5) is 12.0. The summed E-state index contributed by atoms with van der Waals surface area (Å²) in [7, 11) is -3.32. The summed E-state index contributed by atoms with van der Waals surface area (Å²) < 4.78 is 24.8. The summed E-state index contributed by atoms with van der Waals surface area (Å²) in [5.74, 6) is 0.743. The monoisotopic (exact) mass is 337 g/mol. The summed E-state index contributed by atoms with van der Waals surface area (Å²) in [6, 6.07) is 5.91. The number of phenolic OH excluding ortho intramolecular Hbond substituents is 1. The van der Waals surface area contributed by atoms with Crippen LogP contribution < -0.4 is 5.32 Å². The minimum absolute atomic E-state index is 0.0656. The van der Waals surface area contributed by atoms with E-state index in [9.17, 15) is 18.3 Å². The zero-order valence-corrected chi connectivity index (χ0v) is 13.9. The molecule has 1 aromatic carbocycles. The number of carbonyl (C=O) groups is 1. The Hall–Kier alpha value is -1.56. The van der Waals surface area contributed by atoms with E-state index in [0.29, 0.717) is 0 Å². The first-order chi connectivity index (χ1) is 10.9. The predicted octanol–water partition coefficient (Wildman–Crippen LogP) is 2.25.